The number of benzene rings is 3. The van der Waals surface area contributed by atoms with Gasteiger partial charge in [-0.15, -0.1) is 0 Å². The molecule has 0 saturated carbocycles. The first-order chi connectivity index (χ1) is 17.3. The summed E-state index contributed by atoms with van der Waals surface area (Å²) in [6.45, 7) is 8.92. The fraction of sp³-hybridized carbons (Fsp3) is 0.300. The third-order valence-electron chi connectivity index (χ3n) is 5.94. The maximum Gasteiger partial charge on any atom is 0.331 e. The predicted octanol–water partition coefficient (Wildman–Crippen LogP) is 7.81. The molecule has 190 valence electrons. The van der Waals surface area contributed by atoms with E-state index in [0.29, 0.717) is 35.1 Å². The molecule has 36 heavy (non-hydrogen) atoms. The van der Waals surface area contributed by atoms with Gasteiger partial charge in [0.05, 0.1) is 0 Å². The maximum atomic E-state index is 11.5. The van der Waals surface area contributed by atoms with Crippen LogP contribution in [0.3, 0.4) is 0 Å². The van der Waals surface area contributed by atoms with Crippen LogP contribution < -0.4 is 14.8 Å². The van der Waals surface area contributed by atoms with Crippen LogP contribution >= 0.6 is 11.6 Å². The molecule has 4 rings (SSSR count). The van der Waals surface area contributed by atoms with Gasteiger partial charge < -0.3 is 19.9 Å². The van der Waals surface area contributed by atoms with E-state index in [2.05, 4.69) is 43.4 Å². The Bertz CT molecular complexity index is 1240. The maximum absolute atomic E-state index is 11.5. The van der Waals surface area contributed by atoms with E-state index in [-0.39, 0.29) is 6.79 Å². The third kappa shape index (κ3) is 7.28. The van der Waals surface area contributed by atoms with Crippen molar-refractivity contribution in [3.05, 3.63) is 93.0 Å². The van der Waals surface area contributed by atoms with Gasteiger partial charge in [-0.2, -0.15) is 0 Å². The summed E-state index contributed by atoms with van der Waals surface area (Å²) in [6.07, 6.45) is 4.20. The molecule has 6 heteroatoms. The lowest BCUT2D eigenvalue weighted by Gasteiger charge is -2.14. The average molecular weight is 508 g/mol. The van der Waals surface area contributed by atoms with E-state index in [9.17, 15) is 9.90 Å². The monoisotopic (exact) mass is 507 g/mol. The molecule has 1 aliphatic heterocycles. The van der Waals surface area contributed by atoms with Crippen molar-refractivity contribution in [1.29, 1.82) is 0 Å². The molecule has 5 nitrogen and oxygen atoms in total. The van der Waals surface area contributed by atoms with Crippen LogP contribution in [0.15, 0.2) is 60.2 Å². The van der Waals surface area contributed by atoms with Crippen LogP contribution in [0, 0.1) is 13.8 Å². The van der Waals surface area contributed by atoms with Crippen LogP contribution in [-0.2, 0) is 17.8 Å². The topological polar surface area (TPSA) is 67.8 Å². The first-order valence-corrected chi connectivity index (χ1v) is 12.6. The number of ether oxygens (including phenoxy) is 2. The van der Waals surface area contributed by atoms with E-state index >= 15 is 0 Å². The molecule has 1 heterocycles. The van der Waals surface area contributed by atoms with Crippen molar-refractivity contribution in [1.82, 2.24) is 0 Å². The lowest BCUT2D eigenvalue weighted by molar-refractivity contribution is -0.132. The minimum Gasteiger partial charge on any atom is -0.478 e. The summed E-state index contributed by atoms with van der Waals surface area (Å²) in [6, 6.07) is 18.1. The van der Waals surface area contributed by atoms with Gasteiger partial charge in [0.15, 0.2) is 11.5 Å². The van der Waals surface area contributed by atoms with Gasteiger partial charge in [-0.25, -0.2) is 4.79 Å². The van der Waals surface area contributed by atoms with Crippen molar-refractivity contribution in [2.75, 3.05) is 12.1 Å². The van der Waals surface area contributed by atoms with Crippen molar-refractivity contribution >= 4 is 29.3 Å². The van der Waals surface area contributed by atoms with Gasteiger partial charge in [0.2, 0.25) is 6.79 Å². The third-order valence-corrected chi connectivity index (χ3v) is 6.29. The highest BCUT2D eigenvalue weighted by molar-refractivity contribution is 6.31. The van der Waals surface area contributed by atoms with Gasteiger partial charge in [-0.05, 0) is 61.6 Å². The molecule has 2 N–H and O–H groups in total. The number of carboxylic acids is 1. The lowest BCUT2D eigenvalue weighted by Crippen LogP contribution is -2.05. The van der Waals surface area contributed by atoms with Gasteiger partial charge in [0.1, 0.15) is 0 Å². The fourth-order valence-corrected chi connectivity index (χ4v) is 4.15. The summed E-state index contributed by atoms with van der Waals surface area (Å²) < 4.78 is 10.7. The van der Waals surface area contributed by atoms with Gasteiger partial charge in [0, 0.05) is 34.5 Å². The molecule has 0 bridgehead atoms. The quantitative estimate of drug-likeness (QED) is 0.304. The summed E-state index contributed by atoms with van der Waals surface area (Å²) in [5.74, 6) is 0.440. The molecule has 0 unspecified atom stereocenters. The Kier molecular flexibility index (Phi) is 9.83. The molecule has 3 aromatic rings. The number of hydrogen-bond acceptors (Lipinski definition) is 4. The molecule has 0 fully saturated rings. The Hall–Kier alpha value is -3.44. The summed E-state index contributed by atoms with van der Waals surface area (Å²) in [5, 5.41) is 13.4. The Morgan fingerprint density at radius 1 is 1.06 bits per heavy atom. The SMILES string of the molecule is CCC/C(=C\c1c(C)cccc1NCc1cc2c(cc1Cl)OCO2)C(=O)O.CCc1cccc(C)c1. The van der Waals surface area contributed by atoms with Crippen molar-refractivity contribution in [2.45, 2.75) is 53.5 Å². The molecule has 0 spiro atoms. The van der Waals surface area contributed by atoms with Crippen LogP contribution in [0.2, 0.25) is 5.02 Å². The average Bonchev–Trinajstić information content (AvgIpc) is 3.31. The molecule has 0 radical (unpaired) electrons. The standard InChI is InChI=1S/C21H22ClNO4.C9H12/c1-3-5-14(21(24)25)8-16-13(2)6-4-7-18(16)23-11-15-9-19-20(10-17(15)22)27-12-26-19;1-3-9-6-4-5-8(2)7-9/h4,6-10,23H,3,5,11-12H2,1-2H3,(H,24,25);4-7H,3H2,1-2H3/b14-8+;. The number of aliphatic carboxylic acids is 1. The smallest absolute Gasteiger partial charge is 0.331 e. The zero-order chi connectivity index (χ0) is 26.1. The second kappa shape index (κ2) is 13.0. The predicted molar refractivity (Wildman–Crippen MR) is 147 cm³/mol. The van der Waals surface area contributed by atoms with Gasteiger partial charge in [-0.1, -0.05) is 73.8 Å². The number of fused-ring (bicyclic) bond motifs is 1. The molecule has 3 aromatic carbocycles. The zero-order valence-corrected chi connectivity index (χ0v) is 22.1. The van der Waals surface area contributed by atoms with Crippen molar-refractivity contribution in [3.63, 3.8) is 0 Å². The Morgan fingerprint density at radius 3 is 2.42 bits per heavy atom. The van der Waals surface area contributed by atoms with E-state index in [1.54, 1.807) is 12.1 Å². The Labute approximate surface area is 218 Å². The normalized spacial score (nSPS) is 12.1. The van der Waals surface area contributed by atoms with Crippen molar-refractivity contribution < 1.29 is 19.4 Å². The minimum atomic E-state index is -0.884. The highest BCUT2D eigenvalue weighted by atomic mass is 35.5. The number of carbonyl (C=O) groups is 1. The van der Waals surface area contributed by atoms with E-state index < -0.39 is 5.97 Å². The first kappa shape index (κ1) is 27.2. The first-order valence-electron chi connectivity index (χ1n) is 12.2. The number of hydrogen-bond donors (Lipinski definition) is 2. The summed E-state index contributed by atoms with van der Waals surface area (Å²) in [4.78, 5) is 11.5. The van der Waals surface area contributed by atoms with E-state index in [4.69, 9.17) is 21.1 Å². The number of carboxylic acid groups (broad SMARTS) is 1. The highest BCUT2D eigenvalue weighted by Gasteiger charge is 2.17. The number of rotatable bonds is 8. The van der Waals surface area contributed by atoms with Gasteiger partial charge >= 0.3 is 5.97 Å². The molecule has 0 atom stereocenters. The number of anilines is 1. The Balaban J connectivity index is 0.000000338. The van der Waals surface area contributed by atoms with Crippen LogP contribution in [-0.4, -0.2) is 17.9 Å². The number of aryl methyl sites for hydroxylation is 3. The summed E-state index contributed by atoms with van der Waals surface area (Å²) in [7, 11) is 0. The molecular formula is C30H34ClNO4. The van der Waals surface area contributed by atoms with Crippen molar-refractivity contribution in [2.24, 2.45) is 0 Å². The zero-order valence-electron chi connectivity index (χ0n) is 21.4. The second-order valence-corrected chi connectivity index (χ2v) is 9.16. The van der Waals surface area contributed by atoms with Crippen LogP contribution in [0.1, 0.15) is 54.5 Å². The van der Waals surface area contributed by atoms with Crippen LogP contribution in [0.25, 0.3) is 6.08 Å². The molecular weight excluding hydrogens is 474 g/mol. The fourth-order valence-electron chi connectivity index (χ4n) is 3.93. The second-order valence-electron chi connectivity index (χ2n) is 8.75. The molecule has 0 aliphatic carbocycles. The minimum absolute atomic E-state index is 0.199. The van der Waals surface area contributed by atoms with E-state index in [1.165, 1.54) is 11.1 Å². The number of nitrogens with one attached hydrogen (secondary N) is 1. The van der Waals surface area contributed by atoms with Gasteiger partial charge in [-0.3, -0.25) is 0 Å². The van der Waals surface area contributed by atoms with Crippen molar-refractivity contribution in [3.8, 4) is 11.5 Å². The Morgan fingerprint density at radius 2 is 1.78 bits per heavy atom. The summed E-state index contributed by atoms with van der Waals surface area (Å²) in [5.41, 5.74) is 6.80. The van der Waals surface area contributed by atoms with Gasteiger partial charge in [0.25, 0.3) is 0 Å². The lowest BCUT2D eigenvalue weighted by atomic mass is 10.0. The molecule has 0 amide bonds. The molecule has 1 aliphatic rings. The number of halogens is 1. The van der Waals surface area contributed by atoms with Crippen LogP contribution in [0.5, 0.6) is 11.5 Å². The van der Waals surface area contributed by atoms with E-state index in [0.717, 1.165) is 35.2 Å². The van der Waals surface area contributed by atoms with Crippen LogP contribution in [0.4, 0.5) is 5.69 Å². The molecule has 0 aromatic heterocycles. The summed E-state index contributed by atoms with van der Waals surface area (Å²) >= 11 is 6.35. The molecule has 0 saturated heterocycles. The highest BCUT2D eigenvalue weighted by Crippen LogP contribution is 2.37. The van der Waals surface area contributed by atoms with E-state index in [1.807, 2.05) is 38.1 Å². The largest absolute Gasteiger partial charge is 0.478 e.